The molecule has 1 nitrogen and oxygen atoms in total. The third-order valence-corrected chi connectivity index (χ3v) is 1.18. The number of benzene rings is 1. The average Bonchev–Trinajstić information content (AvgIpc) is 2.07. The molecule has 1 aromatic rings. The van der Waals surface area contributed by atoms with Gasteiger partial charge in [0.15, 0.2) is 5.78 Å². The Morgan fingerprint density at radius 3 is 1.92 bits per heavy atom. The van der Waals surface area contributed by atoms with Gasteiger partial charge in [0.25, 0.3) is 0 Å². The second-order valence-corrected chi connectivity index (χ2v) is 16.1. The SMILES string of the molecule is CC(=O)c1ccccc1.[Br][Zn][Br]. The summed E-state index contributed by atoms with van der Waals surface area (Å²) in [5.74, 6) is 0.121. The van der Waals surface area contributed by atoms with Crippen LogP contribution in [0.2, 0.25) is 0 Å². The molecule has 0 aliphatic rings. The van der Waals surface area contributed by atoms with Crippen LogP contribution in [0.5, 0.6) is 0 Å². The summed E-state index contributed by atoms with van der Waals surface area (Å²) in [5.41, 5.74) is 0.775. The van der Waals surface area contributed by atoms with Crippen molar-refractivity contribution in [3.63, 3.8) is 0 Å². The zero-order valence-corrected chi connectivity index (χ0v) is 12.9. The molecule has 1 aromatic carbocycles. The molecule has 0 amide bonds. The Balaban J connectivity index is 0.000000354. The Hall–Kier alpha value is 0.473. The summed E-state index contributed by atoms with van der Waals surface area (Å²) in [6, 6.07) is 9.23. The molecular formula is C8H8Br2OZn. The molecule has 0 unspecified atom stereocenters. The summed E-state index contributed by atoms with van der Waals surface area (Å²) >= 11 is 6.25. The molecular weight excluding hydrogens is 337 g/mol. The van der Waals surface area contributed by atoms with Gasteiger partial charge in [0.05, 0.1) is 0 Å². The van der Waals surface area contributed by atoms with Crippen LogP contribution in [0.25, 0.3) is 0 Å². The summed E-state index contributed by atoms with van der Waals surface area (Å²) < 4.78 is 0. The van der Waals surface area contributed by atoms with Crippen LogP contribution in [0.3, 0.4) is 0 Å². The van der Waals surface area contributed by atoms with Gasteiger partial charge in [0.1, 0.15) is 0 Å². The summed E-state index contributed by atoms with van der Waals surface area (Å²) in [7, 11) is 0. The summed E-state index contributed by atoms with van der Waals surface area (Å²) in [5, 5.41) is 0. The van der Waals surface area contributed by atoms with Gasteiger partial charge in [-0.2, -0.15) is 0 Å². The molecule has 62 valence electrons. The van der Waals surface area contributed by atoms with Gasteiger partial charge in [-0.15, -0.1) is 0 Å². The van der Waals surface area contributed by atoms with Crippen LogP contribution in [-0.2, 0) is 13.2 Å². The van der Waals surface area contributed by atoms with E-state index in [1.165, 1.54) is 0 Å². The van der Waals surface area contributed by atoms with Gasteiger partial charge in [-0.3, -0.25) is 4.79 Å². The molecule has 0 saturated carbocycles. The predicted octanol–water partition coefficient (Wildman–Crippen LogP) is 3.58. The maximum absolute atomic E-state index is 10.6. The minimum absolute atomic E-state index is 0.121. The second-order valence-electron chi connectivity index (χ2n) is 2.02. The van der Waals surface area contributed by atoms with E-state index in [9.17, 15) is 4.79 Å². The molecule has 0 saturated heterocycles. The standard InChI is InChI=1S/C8H8O.2BrH.Zn/c1-7(9)8-5-3-2-4-6-8;;;/h2-6H,1H3;2*1H;/q;;;+2/p-2. The summed E-state index contributed by atoms with van der Waals surface area (Å²) in [6.45, 7) is 1.56. The quantitative estimate of drug-likeness (QED) is 0.562. The van der Waals surface area contributed by atoms with Crippen LogP contribution in [0.4, 0.5) is 0 Å². The maximum atomic E-state index is 10.6. The fourth-order valence-electron chi connectivity index (χ4n) is 0.673. The molecule has 1 rings (SSSR count). The molecule has 0 aliphatic heterocycles. The Morgan fingerprint density at radius 1 is 1.25 bits per heavy atom. The Labute approximate surface area is 93.2 Å². The number of carbonyl (C=O) groups excluding carboxylic acids is 1. The van der Waals surface area contributed by atoms with Crippen molar-refractivity contribution in [1.82, 2.24) is 0 Å². The van der Waals surface area contributed by atoms with Crippen molar-refractivity contribution in [2.75, 3.05) is 0 Å². The van der Waals surface area contributed by atoms with Crippen molar-refractivity contribution in [3.05, 3.63) is 35.9 Å². The first kappa shape index (κ1) is 12.5. The molecule has 0 spiro atoms. The molecule has 0 bridgehead atoms. The number of Topliss-reactive ketones (excluding diaryl/α,β-unsaturated/α-hetero) is 1. The predicted molar refractivity (Wildman–Crippen MR) is 54.3 cm³/mol. The molecule has 0 heterocycles. The van der Waals surface area contributed by atoms with Crippen LogP contribution in [-0.4, -0.2) is 5.78 Å². The zero-order chi connectivity index (χ0) is 9.40. The van der Waals surface area contributed by atoms with Crippen molar-refractivity contribution in [2.24, 2.45) is 0 Å². The van der Waals surface area contributed by atoms with Gasteiger partial charge in [-0.05, 0) is 6.92 Å². The summed E-state index contributed by atoms with van der Waals surface area (Å²) in [6.07, 6.45) is 0. The van der Waals surface area contributed by atoms with E-state index in [1.807, 2.05) is 30.3 Å². The van der Waals surface area contributed by atoms with Crippen LogP contribution in [0.15, 0.2) is 30.3 Å². The Morgan fingerprint density at radius 2 is 1.67 bits per heavy atom. The van der Waals surface area contributed by atoms with Crippen LogP contribution < -0.4 is 0 Å². The number of carbonyl (C=O) groups is 1. The number of rotatable bonds is 1. The Bertz CT molecular complexity index is 226. The van der Waals surface area contributed by atoms with E-state index in [0.29, 0.717) is 0 Å². The van der Waals surface area contributed by atoms with Gasteiger partial charge < -0.3 is 0 Å². The van der Waals surface area contributed by atoms with Crippen LogP contribution in [0, 0.1) is 0 Å². The van der Waals surface area contributed by atoms with E-state index < -0.39 is 0 Å². The fourth-order valence-corrected chi connectivity index (χ4v) is 0.673. The van der Waals surface area contributed by atoms with Gasteiger partial charge in [-0.1, -0.05) is 30.3 Å². The van der Waals surface area contributed by atoms with E-state index in [-0.39, 0.29) is 19.0 Å². The van der Waals surface area contributed by atoms with Gasteiger partial charge in [0, 0.05) is 5.56 Å². The van der Waals surface area contributed by atoms with Gasteiger partial charge in [0.2, 0.25) is 0 Å². The van der Waals surface area contributed by atoms with E-state index >= 15 is 0 Å². The normalized spacial score (nSPS) is 7.58. The molecule has 0 atom stereocenters. The third-order valence-electron chi connectivity index (χ3n) is 1.18. The van der Waals surface area contributed by atoms with Crippen molar-refractivity contribution in [1.29, 1.82) is 0 Å². The molecule has 0 N–H and O–H groups in total. The number of hydrogen-bond donors (Lipinski definition) is 0. The van der Waals surface area contributed by atoms with Crippen molar-refractivity contribution >= 4 is 33.0 Å². The first-order valence-corrected chi connectivity index (χ1v) is 17.3. The topological polar surface area (TPSA) is 17.1 Å². The van der Waals surface area contributed by atoms with E-state index in [0.717, 1.165) is 5.56 Å². The number of halogens is 2. The van der Waals surface area contributed by atoms with E-state index in [1.54, 1.807) is 6.92 Å². The first-order chi connectivity index (χ1) is 5.72. The average molecular weight is 345 g/mol. The fraction of sp³-hybridized carbons (Fsp3) is 0.125. The monoisotopic (exact) mass is 342 g/mol. The molecule has 0 aromatic heterocycles. The Kier molecular flexibility index (Phi) is 8.41. The van der Waals surface area contributed by atoms with Gasteiger partial charge in [-0.25, -0.2) is 0 Å². The van der Waals surface area contributed by atoms with E-state index in [2.05, 4.69) is 27.2 Å². The molecule has 0 radical (unpaired) electrons. The van der Waals surface area contributed by atoms with Crippen LogP contribution in [0.1, 0.15) is 17.3 Å². The second kappa shape index (κ2) is 8.09. The van der Waals surface area contributed by atoms with Crippen molar-refractivity contribution in [2.45, 2.75) is 6.92 Å². The summed E-state index contributed by atoms with van der Waals surface area (Å²) in [4.78, 5) is 10.6. The first-order valence-electron chi connectivity index (χ1n) is 3.40. The van der Waals surface area contributed by atoms with Gasteiger partial charge >= 0.3 is 40.5 Å². The zero-order valence-electron chi connectivity index (χ0n) is 6.76. The third kappa shape index (κ3) is 6.04. The van der Waals surface area contributed by atoms with E-state index in [4.69, 9.17) is 0 Å². The molecule has 0 aliphatic carbocycles. The number of ketones is 1. The van der Waals surface area contributed by atoms with Crippen LogP contribution >= 0.6 is 27.2 Å². The minimum atomic E-state index is -0.250. The molecule has 0 fully saturated rings. The van der Waals surface area contributed by atoms with Crippen molar-refractivity contribution < 1.29 is 18.0 Å². The number of hydrogen-bond acceptors (Lipinski definition) is 1. The van der Waals surface area contributed by atoms with Crippen molar-refractivity contribution in [3.8, 4) is 0 Å². The molecule has 4 heteroatoms. The molecule has 12 heavy (non-hydrogen) atoms.